The summed E-state index contributed by atoms with van der Waals surface area (Å²) in [7, 11) is 1.71. The van der Waals surface area contributed by atoms with E-state index in [0.717, 1.165) is 56.4 Å². The molecule has 5 heteroatoms. The highest BCUT2D eigenvalue weighted by Crippen LogP contribution is 2.31. The molecule has 2 fully saturated rings. The predicted molar refractivity (Wildman–Crippen MR) is 90.8 cm³/mol. The van der Waals surface area contributed by atoms with Gasteiger partial charge in [0.2, 0.25) is 0 Å². The average Bonchev–Trinajstić information content (AvgIpc) is 3.44. The Morgan fingerprint density at radius 1 is 1.29 bits per heavy atom. The zero-order valence-electron chi connectivity index (χ0n) is 14.5. The number of hydrogen-bond donors (Lipinski definition) is 1. The van der Waals surface area contributed by atoms with Gasteiger partial charge < -0.3 is 14.2 Å². The van der Waals surface area contributed by atoms with Gasteiger partial charge in [0.25, 0.3) is 0 Å². The van der Waals surface area contributed by atoms with Crippen LogP contribution >= 0.6 is 0 Å². The van der Waals surface area contributed by atoms with Crippen LogP contribution in [0.5, 0.6) is 5.75 Å². The van der Waals surface area contributed by atoms with Crippen molar-refractivity contribution in [3.8, 4) is 5.75 Å². The predicted octanol–water partition coefficient (Wildman–Crippen LogP) is 2.94. The summed E-state index contributed by atoms with van der Waals surface area (Å²) in [4.78, 5) is 12.0. The maximum absolute atomic E-state index is 12.0. The van der Waals surface area contributed by atoms with Crippen molar-refractivity contribution in [2.75, 3.05) is 13.7 Å². The maximum Gasteiger partial charge on any atom is 0.313 e. The molecule has 0 aromatic heterocycles. The smallest absolute Gasteiger partial charge is 0.313 e. The van der Waals surface area contributed by atoms with Gasteiger partial charge >= 0.3 is 12.4 Å². The molecule has 2 aliphatic rings. The molecule has 1 atom stereocenters. The number of carbonyl (C=O) groups excluding carboxylic acids is 1. The van der Waals surface area contributed by atoms with Crippen molar-refractivity contribution in [1.29, 1.82) is 0 Å². The molecule has 1 unspecified atom stereocenters. The Kier molecular flexibility index (Phi) is 5.74. The number of ether oxygens (including phenoxy) is 3. The molecule has 2 saturated carbocycles. The van der Waals surface area contributed by atoms with Crippen LogP contribution in [0.2, 0.25) is 0 Å². The number of esters is 1. The fourth-order valence-electron chi connectivity index (χ4n) is 2.52. The molecular weight excluding hydrogens is 306 g/mol. The third-order valence-corrected chi connectivity index (χ3v) is 4.38. The van der Waals surface area contributed by atoms with E-state index >= 15 is 0 Å². The molecule has 1 aromatic rings. The van der Waals surface area contributed by atoms with Crippen molar-refractivity contribution in [2.24, 2.45) is 5.92 Å². The standard InChI is InChI=1S/C19H27NO4/c1-13-5-6-14(4-3-11-22-2)12-17(13)23-19(20-16-9-10-16)24-18(21)15-7-8-15/h5-6,12,15-16,19-20H,3-4,7-11H2,1-2H3. The second-order valence-electron chi connectivity index (χ2n) is 6.80. The van der Waals surface area contributed by atoms with Gasteiger partial charge in [0.15, 0.2) is 0 Å². The second kappa shape index (κ2) is 7.99. The topological polar surface area (TPSA) is 56.8 Å². The number of aryl methyl sites for hydroxylation is 2. The molecule has 0 spiro atoms. The van der Waals surface area contributed by atoms with E-state index in [4.69, 9.17) is 14.2 Å². The van der Waals surface area contributed by atoms with E-state index in [-0.39, 0.29) is 11.9 Å². The molecule has 0 amide bonds. The number of methoxy groups -OCH3 is 1. The van der Waals surface area contributed by atoms with Gasteiger partial charge in [-0.3, -0.25) is 4.79 Å². The molecule has 2 aliphatic carbocycles. The zero-order chi connectivity index (χ0) is 16.9. The Bertz CT molecular complexity index is 566. The van der Waals surface area contributed by atoms with E-state index in [2.05, 4.69) is 11.4 Å². The SMILES string of the molecule is COCCCc1ccc(C)c(OC(NC2CC2)OC(=O)C2CC2)c1. The fraction of sp³-hybridized carbons (Fsp3) is 0.632. The third kappa shape index (κ3) is 5.21. The van der Waals surface area contributed by atoms with E-state index in [1.165, 1.54) is 5.56 Å². The molecule has 1 aromatic carbocycles. The van der Waals surface area contributed by atoms with Crippen molar-refractivity contribution in [3.05, 3.63) is 29.3 Å². The van der Waals surface area contributed by atoms with E-state index in [0.29, 0.717) is 6.04 Å². The summed E-state index contributed by atoms with van der Waals surface area (Å²) in [5.41, 5.74) is 2.24. The van der Waals surface area contributed by atoms with Gasteiger partial charge in [0.1, 0.15) is 5.75 Å². The summed E-state index contributed by atoms with van der Waals surface area (Å²) in [6, 6.07) is 6.59. The van der Waals surface area contributed by atoms with Crippen LogP contribution < -0.4 is 10.1 Å². The van der Waals surface area contributed by atoms with Crippen LogP contribution in [0.25, 0.3) is 0 Å². The van der Waals surface area contributed by atoms with Crippen LogP contribution in [-0.2, 0) is 20.7 Å². The average molecular weight is 333 g/mol. The first kappa shape index (κ1) is 17.2. The first-order chi connectivity index (χ1) is 11.7. The number of nitrogens with one attached hydrogen (secondary N) is 1. The molecule has 0 radical (unpaired) electrons. The van der Waals surface area contributed by atoms with Crippen molar-refractivity contribution in [2.45, 2.75) is 57.9 Å². The quantitative estimate of drug-likeness (QED) is 0.405. The van der Waals surface area contributed by atoms with E-state index in [1.807, 2.05) is 19.1 Å². The number of hydrogen-bond acceptors (Lipinski definition) is 5. The Morgan fingerprint density at radius 2 is 2.08 bits per heavy atom. The fourth-order valence-corrected chi connectivity index (χ4v) is 2.52. The Labute approximate surface area is 143 Å². The number of rotatable bonds is 10. The van der Waals surface area contributed by atoms with Crippen LogP contribution in [0.3, 0.4) is 0 Å². The van der Waals surface area contributed by atoms with Gasteiger partial charge in [-0.05, 0) is 62.6 Å². The minimum Gasteiger partial charge on any atom is -0.441 e. The first-order valence-electron chi connectivity index (χ1n) is 8.87. The first-order valence-corrected chi connectivity index (χ1v) is 8.87. The minimum atomic E-state index is -0.696. The summed E-state index contributed by atoms with van der Waals surface area (Å²) in [5.74, 6) is 0.687. The monoisotopic (exact) mass is 333 g/mol. The van der Waals surface area contributed by atoms with Crippen molar-refractivity contribution >= 4 is 5.97 Å². The molecule has 24 heavy (non-hydrogen) atoms. The van der Waals surface area contributed by atoms with Crippen molar-refractivity contribution in [3.63, 3.8) is 0 Å². The molecule has 0 heterocycles. The molecule has 0 saturated heterocycles. The molecule has 0 aliphatic heterocycles. The minimum absolute atomic E-state index is 0.0681. The van der Waals surface area contributed by atoms with Gasteiger partial charge in [-0.2, -0.15) is 0 Å². The Balaban J connectivity index is 1.63. The summed E-state index contributed by atoms with van der Waals surface area (Å²) in [6.07, 6.45) is 5.30. The lowest BCUT2D eigenvalue weighted by Crippen LogP contribution is -2.40. The number of carbonyl (C=O) groups is 1. The van der Waals surface area contributed by atoms with Crippen LogP contribution in [0, 0.1) is 12.8 Å². The summed E-state index contributed by atoms with van der Waals surface area (Å²) in [5, 5.41) is 3.27. The van der Waals surface area contributed by atoms with Gasteiger partial charge in [-0.25, -0.2) is 5.32 Å². The molecule has 5 nitrogen and oxygen atoms in total. The van der Waals surface area contributed by atoms with Crippen molar-refractivity contribution < 1.29 is 19.0 Å². The van der Waals surface area contributed by atoms with E-state index in [1.54, 1.807) is 7.11 Å². The summed E-state index contributed by atoms with van der Waals surface area (Å²) in [6.45, 7) is 2.75. The third-order valence-electron chi connectivity index (χ3n) is 4.38. The highest BCUT2D eigenvalue weighted by molar-refractivity contribution is 5.75. The van der Waals surface area contributed by atoms with Crippen LogP contribution in [0.4, 0.5) is 0 Å². The largest absolute Gasteiger partial charge is 0.441 e. The summed E-state index contributed by atoms with van der Waals surface area (Å²) >= 11 is 0. The van der Waals surface area contributed by atoms with Crippen LogP contribution in [-0.4, -0.2) is 32.1 Å². The molecule has 3 rings (SSSR count). The molecule has 132 valence electrons. The maximum atomic E-state index is 12.0. The Morgan fingerprint density at radius 3 is 2.75 bits per heavy atom. The van der Waals surface area contributed by atoms with Crippen LogP contribution in [0.1, 0.15) is 43.2 Å². The van der Waals surface area contributed by atoms with Crippen molar-refractivity contribution in [1.82, 2.24) is 5.32 Å². The highest BCUT2D eigenvalue weighted by Gasteiger charge is 2.35. The van der Waals surface area contributed by atoms with Crippen LogP contribution in [0.15, 0.2) is 18.2 Å². The molecule has 1 N–H and O–H groups in total. The van der Waals surface area contributed by atoms with E-state index in [9.17, 15) is 4.79 Å². The molecular formula is C19H27NO4. The lowest BCUT2D eigenvalue weighted by atomic mass is 10.1. The van der Waals surface area contributed by atoms with Gasteiger partial charge in [0.05, 0.1) is 5.92 Å². The highest BCUT2D eigenvalue weighted by atomic mass is 16.7. The van der Waals surface area contributed by atoms with Gasteiger partial charge in [-0.15, -0.1) is 0 Å². The van der Waals surface area contributed by atoms with E-state index < -0.39 is 6.41 Å². The lowest BCUT2D eigenvalue weighted by molar-refractivity contribution is -0.170. The van der Waals surface area contributed by atoms with Gasteiger partial charge in [-0.1, -0.05) is 12.1 Å². The zero-order valence-corrected chi connectivity index (χ0v) is 14.5. The van der Waals surface area contributed by atoms with Gasteiger partial charge in [0, 0.05) is 19.8 Å². The summed E-state index contributed by atoms with van der Waals surface area (Å²) < 4.78 is 16.6. The normalized spacial score (nSPS) is 18.2. The Hall–Kier alpha value is -1.59. The molecule has 0 bridgehead atoms. The lowest BCUT2D eigenvalue weighted by Gasteiger charge is -2.21. The second-order valence-corrected chi connectivity index (χ2v) is 6.80. The number of benzene rings is 1.